The van der Waals surface area contributed by atoms with E-state index >= 15 is 0 Å². The number of nitrogens with zero attached hydrogens (tertiary/aromatic N) is 2. The first kappa shape index (κ1) is 41.2. The van der Waals surface area contributed by atoms with Gasteiger partial charge in [0, 0.05) is 48.9 Å². The minimum Gasteiger partial charge on any atom is -0.310 e. The van der Waals surface area contributed by atoms with Crippen molar-refractivity contribution < 1.29 is 0 Å². The Balaban J connectivity index is 1.04. The van der Waals surface area contributed by atoms with Gasteiger partial charge in [-0.3, -0.25) is 0 Å². The molecule has 334 valence electrons. The lowest BCUT2D eigenvalue weighted by molar-refractivity contribution is 0.660. The van der Waals surface area contributed by atoms with E-state index in [4.69, 9.17) is 0 Å². The summed E-state index contributed by atoms with van der Waals surface area (Å²) >= 11 is 1.91. The van der Waals surface area contributed by atoms with E-state index in [9.17, 15) is 0 Å². The molecule has 0 fully saturated rings. The number of hydrogen-bond acceptors (Lipinski definition) is 3. The van der Waals surface area contributed by atoms with Crippen LogP contribution in [0.25, 0.3) is 33.4 Å². The van der Waals surface area contributed by atoms with E-state index in [1.54, 1.807) is 0 Å². The molecule has 0 saturated heterocycles. The number of para-hydroxylation sites is 2. The van der Waals surface area contributed by atoms with Crippen LogP contribution in [0, 0.1) is 0 Å². The van der Waals surface area contributed by atoms with Crippen LogP contribution in [-0.2, 0) is 16.2 Å². The monoisotopic (exact) mass is 914 g/mol. The SMILES string of the molecule is CC1(C)c2ccccc2-c2ccc(N(c3ccccc3)c3cccc4c3Sc3ccccc3C43c4ccccc4-c4cccc(N(c5ccccc5)c5ccc6c(c5)C(C)(C)c5ccccc5-6)c43)cc21. The molecule has 10 aromatic rings. The van der Waals surface area contributed by atoms with Crippen molar-refractivity contribution in [1.29, 1.82) is 0 Å². The molecule has 1 unspecified atom stereocenters. The number of hydrogen-bond donors (Lipinski definition) is 0. The van der Waals surface area contributed by atoms with Crippen molar-refractivity contribution in [3.63, 3.8) is 0 Å². The third-order valence-electron chi connectivity index (χ3n) is 16.1. The highest BCUT2D eigenvalue weighted by Crippen LogP contribution is 2.66. The summed E-state index contributed by atoms with van der Waals surface area (Å²) in [6, 6.07) is 86.8. The summed E-state index contributed by atoms with van der Waals surface area (Å²) in [6.45, 7) is 9.52. The zero-order valence-corrected chi connectivity index (χ0v) is 40.6. The van der Waals surface area contributed by atoms with Gasteiger partial charge in [0.15, 0.2) is 0 Å². The summed E-state index contributed by atoms with van der Waals surface area (Å²) in [5.74, 6) is 0. The highest BCUT2D eigenvalue weighted by atomic mass is 32.2. The van der Waals surface area contributed by atoms with Gasteiger partial charge in [0.1, 0.15) is 0 Å². The van der Waals surface area contributed by atoms with Crippen LogP contribution in [0.4, 0.5) is 34.1 Å². The van der Waals surface area contributed by atoms with Crippen LogP contribution in [0.2, 0.25) is 0 Å². The van der Waals surface area contributed by atoms with Crippen LogP contribution in [-0.4, -0.2) is 0 Å². The third-order valence-corrected chi connectivity index (χ3v) is 17.3. The molecule has 0 radical (unpaired) electrons. The maximum atomic E-state index is 2.54. The van der Waals surface area contributed by atoms with E-state index in [1.165, 1.54) is 99.1 Å². The molecule has 14 rings (SSSR count). The van der Waals surface area contributed by atoms with E-state index < -0.39 is 5.41 Å². The molecule has 10 aromatic carbocycles. The van der Waals surface area contributed by atoms with Gasteiger partial charge in [-0.05, 0) is 139 Å². The Morgan fingerprint density at radius 1 is 0.300 bits per heavy atom. The molecule has 1 aliphatic heterocycles. The summed E-state index contributed by atoms with van der Waals surface area (Å²) in [5, 5.41) is 0. The predicted molar refractivity (Wildman–Crippen MR) is 292 cm³/mol. The van der Waals surface area contributed by atoms with E-state index in [0.717, 1.165) is 22.7 Å². The summed E-state index contributed by atoms with van der Waals surface area (Å²) in [7, 11) is 0. The molecule has 0 aromatic heterocycles. The van der Waals surface area contributed by atoms with Crippen molar-refractivity contribution in [2.45, 2.75) is 53.7 Å². The first-order valence-electron chi connectivity index (χ1n) is 24.6. The Kier molecular flexibility index (Phi) is 8.86. The molecular weight excluding hydrogens is 865 g/mol. The lowest BCUT2D eigenvalue weighted by atomic mass is 9.66. The van der Waals surface area contributed by atoms with Crippen LogP contribution < -0.4 is 9.80 Å². The minimum absolute atomic E-state index is 0.144. The molecule has 0 amide bonds. The van der Waals surface area contributed by atoms with Crippen LogP contribution in [0.15, 0.2) is 240 Å². The molecule has 0 bridgehead atoms. The van der Waals surface area contributed by atoms with E-state index in [0.29, 0.717) is 0 Å². The summed E-state index contributed by atoms with van der Waals surface area (Å²) in [5.41, 5.74) is 24.5. The molecular formula is C67H50N2S. The maximum absolute atomic E-state index is 2.54. The number of benzene rings is 10. The second kappa shape index (κ2) is 15.1. The van der Waals surface area contributed by atoms with Crippen LogP contribution in [0.5, 0.6) is 0 Å². The summed E-state index contributed by atoms with van der Waals surface area (Å²) < 4.78 is 0. The fourth-order valence-electron chi connectivity index (χ4n) is 13.0. The fourth-order valence-corrected chi connectivity index (χ4v) is 14.3. The quantitative estimate of drug-likeness (QED) is 0.164. The Morgan fingerprint density at radius 2 is 0.714 bits per heavy atom. The molecule has 70 heavy (non-hydrogen) atoms. The van der Waals surface area contributed by atoms with Gasteiger partial charge in [0.2, 0.25) is 0 Å². The van der Waals surface area contributed by atoms with Crippen LogP contribution in [0.3, 0.4) is 0 Å². The Hall–Kier alpha value is -7.85. The molecule has 0 N–H and O–H groups in total. The smallest absolute Gasteiger partial charge is 0.0756 e. The maximum Gasteiger partial charge on any atom is 0.0756 e. The van der Waals surface area contributed by atoms with Crippen molar-refractivity contribution in [2.24, 2.45) is 0 Å². The lowest BCUT2D eigenvalue weighted by Gasteiger charge is -2.43. The number of anilines is 6. The minimum atomic E-state index is -0.668. The molecule has 4 aliphatic rings. The topological polar surface area (TPSA) is 6.48 Å². The largest absolute Gasteiger partial charge is 0.310 e. The van der Waals surface area contributed by atoms with Crippen LogP contribution >= 0.6 is 11.8 Å². The summed E-state index contributed by atoms with van der Waals surface area (Å²) in [6.07, 6.45) is 0. The Bertz CT molecular complexity index is 3770. The average Bonchev–Trinajstić information content (AvgIpc) is 3.92. The van der Waals surface area contributed by atoms with Crippen molar-refractivity contribution in [2.75, 3.05) is 9.80 Å². The average molecular weight is 915 g/mol. The zero-order valence-electron chi connectivity index (χ0n) is 39.7. The van der Waals surface area contributed by atoms with Gasteiger partial charge < -0.3 is 9.80 Å². The summed E-state index contributed by atoms with van der Waals surface area (Å²) in [4.78, 5) is 7.58. The van der Waals surface area contributed by atoms with Crippen molar-refractivity contribution in [3.8, 4) is 33.4 Å². The normalized spacial score (nSPS) is 16.5. The third kappa shape index (κ3) is 5.58. The molecule has 3 aliphatic carbocycles. The van der Waals surface area contributed by atoms with E-state index in [1.807, 2.05) is 11.8 Å². The van der Waals surface area contributed by atoms with Gasteiger partial charge in [0.25, 0.3) is 0 Å². The lowest BCUT2D eigenvalue weighted by Crippen LogP contribution is -2.34. The van der Waals surface area contributed by atoms with E-state index in [2.05, 4.69) is 268 Å². The number of fused-ring (bicyclic) bond motifs is 15. The van der Waals surface area contributed by atoms with Gasteiger partial charge in [-0.2, -0.15) is 0 Å². The van der Waals surface area contributed by atoms with Crippen molar-refractivity contribution >= 4 is 45.9 Å². The van der Waals surface area contributed by atoms with Gasteiger partial charge >= 0.3 is 0 Å². The highest BCUT2D eigenvalue weighted by molar-refractivity contribution is 7.99. The first-order valence-corrected chi connectivity index (χ1v) is 25.4. The number of rotatable bonds is 6. The molecule has 3 heteroatoms. The van der Waals surface area contributed by atoms with Gasteiger partial charge in [-0.25, -0.2) is 0 Å². The molecule has 0 saturated carbocycles. The molecule has 1 heterocycles. The second-order valence-corrected chi connectivity index (χ2v) is 21.4. The van der Waals surface area contributed by atoms with Gasteiger partial charge in [-0.1, -0.05) is 203 Å². The van der Waals surface area contributed by atoms with Crippen molar-refractivity contribution in [1.82, 2.24) is 0 Å². The van der Waals surface area contributed by atoms with Crippen LogP contribution in [0.1, 0.15) is 72.2 Å². The standard InChI is InChI=1S/C67H50N2S/c1-65(2)53-29-14-11-25-47(53)50-39-37-45(41-58(50)65)68(43-21-7-5-8-22-43)60-34-19-28-52-49-27-13-16-31-55(49)67(63(52)60)56-32-17-18-36-62(56)70-64-57(67)33-20-35-61(64)69(44-23-9-6-10-24-44)46-38-40-51-48-26-12-15-30-54(48)66(3,4)59(51)42-46/h5-42H,1-4H3. The van der Waals surface area contributed by atoms with Gasteiger partial charge in [0.05, 0.1) is 16.8 Å². The first-order chi connectivity index (χ1) is 34.3. The Labute approximate surface area is 415 Å². The highest BCUT2D eigenvalue weighted by Gasteiger charge is 2.53. The predicted octanol–water partition coefficient (Wildman–Crippen LogP) is 18.1. The fraction of sp³-hybridized carbons (Fsp3) is 0.104. The molecule has 1 atom stereocenters. The second-order valence-electron chi connectivity index (χ2n) is 20.4. The molecule has 1 spiro atoms. The van der Waals surface area contributed by atoms with E-state index in [-0.39, 0.29) is 10.8 Å². The Morgan fingerprint density at radius 3 is 1.30 bits per heavy atom. The zero-order chi connectivity index (χ0) is 46.9. The van der Waals surface area contributed by atoms with Crippen molar-refractivity contribution in [3.05, 3.63) is 275 Å². The molecule has 2 nitrogen and oxygen atoms in total. The van der Waals surface area contributed by atoms with Gasteiger partial charge in [-0.15, -0.1) is 0 Å².